The molecule has 1 aliphatic rings. The molecule has 0 aliphatic carbocycles. The van der Waals surface area contributed by atoms with Gasteiger partial charge in [-0.1, -0.05) is 51.7 Å². The van der Waals surface area contributed by atoms with E-state index in [-0.39, 0.29) is 5.91 Å². The van der Waals surface area contributed by atoms with Gasteiger partial charge >= 0.3 is 0 Å². The van der Waals surface area contributed by atoms with Gasteiger partial charge in [-0.3, -0.25) is 4.79 Å². The van der Waals surface area contributed by atoms with E-state index in [0.717, 1.165) is 16.9 Å². The Morgan fingerprint density at radius 2 is 1.80 bits per heavy atom. The third kappa shape index (κ3) is 3.78. The largest absolute Gasteiger partial charge is 0.348 e. The number of benzene rings is 1. The molecule has 110 valence electrons. The number of thioether (sulfide) groups is 1. The predicted octanol–water partition coefficient (Wildman–Crippen LogP) is 4.64. The van der Waals surface area contributed by atoms with Crippen LogP contribution in [0.5, 0.6) is 0 Å². The number of fused-ring (bicyclic) bond motifs is 1. The summed E-state index contributed by atoms with van der Waals surface area (Å²) < 4.78 is 0. The van der Waals surface area contributed by atoms with Crippen molar-refractivity contribution < 1.29 is 4.79 Å². The molecule has 2 unspecified atom stereocenters. The first-order valence-corrected chi connectivity index (χ1v) is 8.70. The van der Waals surface area contributed by atoms with E-state index in [0.29, 0.717) is 11.3 Å². The molecule has 2 atom stereocenters. The zero-order valence-corrected chi connectivity index (χ0v) is 13.3. The first kappa shape index (κ1) is 15.4. The number of carbonyl (C=O) groups excluding carboxylic acids is 1. The van der Waals surface area contributed by atoms with Crippen LogP contribution in [0.25, 0.3) is 0 Å². The Hall–Kier alpha value is -0.960. The number of unbranched alkanes of at least 4 members (excludes halogenated alkanes) is 2. The predicted molar refractivity (Wildman–Crippen MR) is 86.4 cm³/mol. The normalized spacial score (nSPS) is 22.0. The first-order chi connectivity index (χ1) is 9.76. The van der Waals surface area contributed by atoms with E-state index in [4.69, 9.17) is 0 Å². The molecule has 0 aromatic heterocycles. The monoisotopic (exact) mass is 291 g/mol. The highest BCUT2D eigenvalue weighted by atomic mass is 32.2. The van der Waals surface area contributed by atoms with Gasteiger partial charge in [0.05, 0.1) is 5.56 Å². The zero-order chi connectivity index (χ0) is 14.4. The number of hydrogen-bond donors (Lipinski definition) is 1. The lowest BCUT2D eigenvalue weighted by molar-refractivity contribution is 0.0932. The van der Waals surface area contributed by atoms with E-state index in [9.17, 15) is 4.79 Å². The van der Waals surface area contributed by atoms with Crippen LogP contribution in [0.15, 0.2) is 29.2 Å². The van der Waals surface area contributed by atoms with Gasteiger partial charge in [-0.25, -0.2) is 0 Å². The smallest absolute Gasteiger partial charge is 0.252 e. The van der Waals surface area contributed by atoms with E-state index in [2.05, 4.69) is 25.2 Å². The molecular formula is C17H25NOS. The Morgan fingerprint density at radius 3 is 2.55 bits per heavy atom. The van der Waals surface area contributed by atoms with E-state index in [1.165, 1.54) is 32.1 Å². The highest BCUT2D eigenvalue weighted by Gasteiger charge is 2.29. The summed E-state index contributed by atoms with van der Waals surface area (Å²) in [6.07, 6.45) is 7.10. The average molecular weight is 291 g/mol. The Bertz CT molecular complexity index is 446. The van der Waals surface area contributed by atoms with Gasteiger partial charge in [-0.15, -0.1) is 11.8 Å². The van der Waals surface area contributed by atoms with Crippen LogP contribution in [-0.2, 0) is 0 Å². The molecular weight excluding hydrogens is 266 g/mol. The van der Waals surface area contributed by atoms with Gasteiger partial charge in [-0.2, -0.15) is 0 Å². The maximum Gasteiger partial charge on any atom is 0.252 e. The standard InChI is InChI=1S/C17H25NOS/c1-3-5-10-14-16(11-6-4-2)20-15-12-8-7-9-13(15)17(19)18-14/h7-9,12,14,16H,3-6,10-11H2,1-2H3,(H,18,19). The van der Waals surface area contributed by atoms with Crippen LogP contribution in [-0.4, -0.2) is 17.2 Å². The van der Waals surface area contributed by atoms with Gasteiger partial charge in [0.15, 0.2) is 0 Å². The van der Waals surface area contributed by atoms with Crippen molar-refractivity contribution in [3.8, 4) is 0 Å². The number of amides is 1. The highest BCUT2D eigenvalue weighted by Crippen LogP contribution is 2.35. The lowest BCUT2D eigenvalue weighted by Gasteiger charge is -2.25. The van der Waals surface area contributed by atoms with E-state index < -0.39 is 0 Å². The summed E-state index contributed by atoms with van der Waals surface area (Å²) in [6.45, 7) is 4.44. The van der Waals surface area contributed by atoms with E-state index in [1.807, 2.05) is 30.0 Å². The van der Waals surface area contributed by atoms with Crippen molar-refractivity contribution in [3.05, 3.63) is 29.8 Å². The molecule has 1 N–H and O–H groups in total. The number of carbonyl (C=O) groups is 1. The van der Waals surface area contributed by atoms with Crippen LogP contribution in [0.1, 0.15) is 62.7 Å². The minimum Gasteiger partial charge on any atom is -0.348 e. The summed E-state index contributed by atoms with van der Waals surface area (Å²) >= 11 is 1.90. The summed E-state index contributed by atoms with van der Waals surface area (Å²) in [5.74, 6) is 0.105. The van der Waals surface area contributed by atoms with Crippen molar-refractivity contribution in [2.75, 3.05) is 0 Å². The molecule has 3 heteroatoms. The molecule has 20 heavy (non-hydrogen) atoms. The molecule has 0 radical (unpaired) electrons. The quantitative estimate of drug-likeness (QED) is 0.827. The van der Waals surface area contributed by atoms with Gasteiger partial charge in [0.2, 0.25) is 0 Å². The second-order valence-electron chi connectivity index (χ2n) is 5.52. The molecule has 1 heterocycles. The first-order valence-electron chi connectivity index (χ1n) is 7.82. The summed E-state index contributed by atoms with van der Waals surface area (Å²) in [5.41, 5.74) is 0.845. The van der Waals surface area contributed by atoms with E-state index in [1.54, 1.807) is 0 Å². The van der Waals surface area contributed by atoms with Crippen LogP contribution < -0.4 is 5.32 Å². The summed E-state index contributed by atoms with van der Waals surface area (Å²) in [7, 11) is 0. The van der Waals surface area contributed by atoms with Crippen molar-refractivity contribution in [1.82, 2.24) is 5.32 Å². The number of nitrogens with one attached hydrogen (secondary N) is 1. The molecule has 1 aromatic carbocycles. The molecule has 1 aromatic rings. The zero-order valence-electron chi connectivity index (χ0n) is 12.5. The third-order valence-corrected chi connectivity index (χ3v) is 5.36. The fourth-order valence-electron chi connectivity index (χ4n) is 2.69. The lowest BCUT2D eigenvalue weighted by Crippen LogP contribution is -2.40. The molecule has 0 fully saturated rings. The fraction of sp³-hybridized carbons (Fsp3) is 0.588. The summed E-state index contributed by atoms with van der Waals surface area (Å²) in [6, 6.07) is 8.32. The van der Waals surface area contributed by atoms with Crippen LogP contribution in [0.4, 0.5) is 0 Å². The summed E-state index contributed by atoms with van der Waals surface area (Å²) in [4.78, 5) is 13.5. The van der Waals surface area contributed by atoms with Crippen LogP contribution in [0, 0.1) is 0 Å². The van der Waals surface area contributed by atoms with Crippen LogP contribution in [0.3, 0.4) is 0 Å². The van der Waals surface area contributed by atoms with Crippen molar-refractivity contribution >= 4 is 17.7 Å². The van der Waals surface area contributed by atoms with Gasteiger partial charge in [0, 0.05) is 16.2 Å². The highest BCUT2D eigenvalue weighted by molar-refractivity contribution is 8.00. The van der Waals surface area contributed by atoms with Crippen molar-refractivity contribution in [2.24, 2.45) is 0 Å². The topological polar surface area (TPSA) is 29.1 Å². The number of rotatable bonds is 6. The molecule has 0 saturated heterocycles. The Labute approximate surface area is 126 Å². The van der Waals surface area contributed by atoms with Gasteiger partial charge in [0.25, 0.3) is 5.91 Å². The Balaban J connectivity index is 2.19. The Kier molecular flexibility index (Phi) is 5.96. The van der Waals surface area contributed by atoms with Crippen molar-refractivity contribution in [2.45, 2.75) is 68.6 Å². The maximum absolute atomic E-state index is 12.4. The Morgan fingerprint density at radius 1 is 1.10 bits per heavy atom. The maximum atomic E-state index is 12.4. The molecule has 1 aliphatic heterocycles. The molecule has 0 spiro atoms. The summed E-state index contributed by atoms with van der Waals surface area (Å²) in [5, 5.41) is 3.78. The van der Waals surface area contributed by atoms with E-state index >= 15 is 0 Å². The van der Waals surface area contributed by atoms with Gasteiger partial charge in [-0.05, 0) is 25.0 Å². The molecule has 0 saturated carbocycles. The SMILES string of the molecule is CCCCC1NC(=O)c2ccccc2SC1CCCC. The second-order valence-corrected chi connectivity index (χ2v) is 6.80. The molecule has 2 nitrogen and oxygen atoms in total. The van der Waals surface area contributed by atoms with Crippen molar-refractivity contribution in [3.63, 3.8) is 0 Å². The van der Waals surface area contributed by atoms with Crippen LogP contribution >= 0.6 is 11.8 Å². The van der Waals surface area contributed by atoms with Crippen molar-refractivity contribution in [1.29, 1.82) is 0 Å². The molecule has 1 amide bonds. The third-order valence-electron chi connectivity index (χ3n) is 3.89. The van der Waals surface area contributed by atoms with Gasteiger partial charge in [0.1, 0.15) is 0 Å². The second kappa shape index (κ2) is 7.72. The fourth-order valence-corrected chi connectivity index (χ4v) is 4.11. The van der Waals surface area contributed by atoms with Crippen LogP contribution in [0.2, 0.25) is 0 Å². The average Bonchev–Trinajstić information content (AvgIpc) is 2.60. The number of hydrogen-bond acceptors (Lipinski definition) is 2. The minimum absolute atomic E-state index is 0.105. The molecule has 0 bridgehead atoms. The minimum atomic E-state index is 0.105. The molecule has 2 rings (SSSR count). The lowest BCUT2D eigenvalue weighted by atomic mass is 10.0. The van der Waals surface area contributed by atoms with Gasteiger partial charge < -0.3 is 5.32 Å².